The van der Waals surface area contributed by atoms with Crippen molar-refractivity contribution in [2.45, 2.75) is 26.7 Å². The lowest BCUT2D eigenvalue weighted by atomic mass is 10.1. The summed E-state index contributed by atoms with van der Waals surface area (Å²) in [7, 11) is -1.96. The van der Waals surface area contributed by atoms with E-state index in [1.54, 1.807) is 50.5 Å². The molecule has 0 bridgehead atoms. The number of hydrogen-bond donors (Lipinski definition) is 1. The predicted molar refractivity (Wildman–Crippen MR) is 121 cm³/mol. The number of anilines is 1. The standard InChI is InChI=1S/C21H23ClN4O4S/c1-4-5-10-31(28,29)25-19-12-17(15-11-14(2)20(27)26(3)13-15)23-21(24-19)30-18-9-7-6-8-16(18)22/h6-9,11-13H,4-5,10H2,1-3H3,(H,23,24,25). The number of pyridine rings is 1. The van der Waals surface area contributed by atoms with Gasteiger partial charge >= 0.3 is 6.01 Å². The van der Waals surface area contributed by atoms with E-state index < -0.39 is 10.0 Å². The summed E-state index contributed by atoms with van der Waals surface area (Å²) < 4.78 is 34.5. The van der Waals surface area contributed by atoms with E-state index in [0.717, 1.165) is 6.42 Å². The molecule has 1 N–H and O–H groups in total. The van der Waals surface area contributed by atoms with Crippen molar-refractivity contribution in [2.75, 3.05) is 10.5 Å². The quantitative estimate of drug-likeness (QED) is 0.539. The topological polar surface area (TPSA) is 103 Å². The van der Waals surface area contributed by atoms with Crippen LogP contribution >= 0.6 is 11.6 Å². The smallest absolute Gasteiger partial charge is 0.324 e. The molecular weight excluding hydrogens is 440 g/mol. The van der Waals surface area contributed by atoms with Crippen molar-refractivity contribution >= 4 is 27.4 Å². The number of aryl methyl sites for hydroxylation is 2. The van der Waals surface area contributed by atoms with Crippen LogP contribution in [0.2, 0.25) is 5.02 Å². The minimum Gasteiger partial charge on any atom is -0.423 e. The van der Waals surface area contributed by atoms with E-state index in [0.29, 0.717) is 34.0 Å². The number of nitrogens with zero attached hydrogens (tertiary/aromatic N) is 3. The van der Waals surface area contributed by atoms with Gasteiger partial charge in [-0.1, -0.05) is 37.1 Å². The molecule has 2 aromatic heterocycles. The molecule has 0 fully saturated rings. The van der Waals surface area contributed by atoms with Gasteiger partial charge in [-0.25, -0.2) is 8.42 Å². The van der Waals surface area contributed by atoms with Gasteiger partial charge in [0.15, 0.2) is 0 Å². The fraction of sp³-hybridized carbons (Fsp3) is 0.286. The molecule has 1 aromatic carbocycles. The number of unbranched alkanes of at least 4 members (excludes halogenated alkanes) is 1. The molecule has 3 rings (SSSR count). The molecule has 164 valence electrons. The van der Waals surface area contributed by atoms with Crippen LogP contribution in [0.15, 0.2) is 47.4 Å². The molecule has 0 aliphatic heterocycles. The lowest BCUT2D eigenvalue weighted by molar-refractivity contribution is 0.443. The fourth-order valence-corrected chi connectivity index (χ4v) is 4.23. The summed E-state index contributed by atoms with van der Waals surface area (Å²) in [5.41, 5.74) is 1.40. The van der Waals surface area contributed by atoms with E-state index >= 15 is 0 Å². The van der Waals surface area contributed by atoms with Crippen LogP contribution in [0, 0.1) is 6.92 Å². The Morgan fingerprint density at radius 1 is 1.19 bits per heavy atom. The number of aromatic nitrogens is 3. The Labute approximate surface area is 185 Å². The number of rotatable bonds is 8. The Balaban J connectivity index is 2.07. The Hall–Kier alpha value is -2.91. The molecule has 8 nitrogen and oxygen atoms in total. The molecule has 0 saturated heterocycles. The summed E-state index contributed by atoms with van der Waals surface area (Å²) in [6, 6.07) is 9.92. The monoisotopic (exact) mass is 462 g/mol. The van der Waals surface area contributed by atoms with Crippen molar-refractivity contribution in [2.24, 2.45) is 7.05 Å². The number of halogens is 1. The molecule has 0 spiro atoms. The number of ether oxygens (including phenoxy) is 1. The average Bonchev–Trinajstić information content (AvgIpc) is 2.71. The SMILES string of the molecule is CCCCS(=O)(=O)Nc1cc(-c2cc(C)c(=O)n(C)c2)nc(Oc2ccccc2Cl)n1. The predicted octanol–water partition coefficient (Wildman–Crippen LogP) is 4.14. The first-order valence-corrected chi connectivity index (χ1v) is 11.7. The van der Waals surface area contributed by atoms with Crippen LogP contribution in [0.5, 0.6) is 11.8 Å². The highest BCUT2D eigenvalue weighted by atomic mass is 35.5. The zero-order valence-electron chi connectivity index (χ0n) is 17.4. The second kappa shape index (κ2) is 9.49. The van der Waals surface area contributed by atoms with Crippen LogP contribution in [-0.4, -0.2) is 28.7 Å². The maximum absolute atomic E-state index is 12.4. The minimum atomic E-state index is -3.59. The second-order valence-electron chi connectivity index (χ2n) is 7.06. The number of nitrogens with one attached hydrogen (secondary N) is 1. The highest BCUT2D eigenvalue weighted by Crippen LogP contribution is 2.29. The number of benzene rings is 1. The van der Waals surface area contributed by atoms with Crippen LogP contribution in [0.25, 0.3) is 11.3 Å². The van der Waals surface area contributed by atoms with Crippen molar-refractivity contribution in [1.29, 1.82) is 0 Å². The van der Waals surface area contributed by atoms with Gasteiger partial charge in [0.2, 0.25) is 10.0 Å². The van der Waals surface area contributed by atoms with Crippen LogP contribution in [0.1, 0.15) is 25.3 Å². The number of sulfonamides is 1. The minimum absolute atomic E-state index is 0.0253. The first-order chi connectivity index (χ1) is 14.7. The second-order valence-corrected chi connectivity index (χ2v) is 9.30. The van der Waals surface area contributed by atoms with Gasteiger partial charge in [-0.2, -0.15) is 9.97 Å². The van der Waals surface area contributed by atoms with Gasteiger partial charge in [-0.15, -0.1) is 0 Å². The normalized spacial score (nSPS) is 11.4. The molecule has 0 aliphatic carbocycles. The third kappa shape index (κ3) is 5.83. The maximum atomic E-state index is 12.4. The Morgan fingerprint density at radius 3 is 2.61 bits per heavy atom. The zero-order chi connectivity index (χ0) is 22.6. The summed E-state index contributed by atoms with van der Waals surface area (Å²) in [5.74, 6) is 0.370. The first kappa shape index (κ1) is 22.8. The lowest BCUT2D eigenvalue weighted by Gasteiger charge is -2.12. The van der Waals surface area contributed by atoms with Crippen LogP contribution in [-0.2, 0) is 17.1 Å². The summed E-state index contributed by atoms with van der Waals surface area (Å²) in [6.07, 6.45) is 2.89. The zero-order valence-corrected chi connectivity index (χ0v) is 19.0. The van der Waals surface area contributed by atoms with Crippen molar-refractivity contribution in [1.82, 2.24) is 14.5 Å². The molecule has 0 unspecified atom stereocenters. The van der Waals surface area contributed by atoms with Crippen LogP contribution in [0.3, 0.4) is 0 Å². The van der Waals surface area contributed by atoms with E-state index in [2.05, 4.69) is 14.7 Å². The van der Waals surface area contributed by atoms with Gasteiger partial charge in [0.25, 0.3) is 5.56 Å². The largest absolute Gasteiger partial charge is 0.423 e. The van der Waals surface area contributed by atoms with Gasteiger partial charge in [0, 0.05) is 30.4 Å². The van der Waals surface area contributed by atoms with Gasteiger partial charge in [0.05, 0.1) is 16.5 Å². The Kier molecular flexibility index (Phi) is 6.97. The van der Waals surface area contributed by atoms with E-state index in [1.165, 1.54) is 10.6 Å². The molecule has 0 saturated carbocycles. The summed E-state index contributed by atoms with van der Waals surface area (Å²) in [6.45, 7) is 3.61. The third-order valence-corrected chi connectivity index (χ3v) is 6.09. The summed E-state index contributed by atoms with van der Waals surface area (Å²) in [4.78, 5) is 20.7. The highest BCUT2D eigenvalue weighted by molar-refractivity contribution is 7.92. The number of hydrogen-bond acceptors (Lipinski definition) is 6. The molecule has 0 radical (unpaired) electrons. The van der Waals surface area contributed by atoms with Crippen molar-refractivity contribution in [3.8, 4) is 23.0 Å². The first-order valence-electron chi connectivity index (χ1n) is 9.68. The third-order valence-electron chi connectivity index (χ3n) is 4.43. The number of para-hydroxylation sites is 1. The van der Waals surface area contributed by atoms with Gasteiger partial charge in [-0.3, -0.25) is 9.52 Å². The molecule has 0 atom stereocenters. The van der Waals surface area contributed by atoms with Gasteiger partial charge in [0.1, 0.15) is 11.6 Å². The van der Waals surface area contributed by atoms with E-state index in [1.807, 2.05) is 6.92 Å². The molecule has 2 heterocycles. The maximum Gasteiger partial charge on any atom is 0.324 e. The molecular formula is C21H23ClN4O4S. The van der Waals surface area contributed by atoms with Crippen LogP contribution < -0.4 is 15.0 Å². The Morgan fingerprint density at radius 2 is 1.94 bits per heavy atom. The van der Waals surface area contributed by atoms with Gasteiger partial charge in [-0.05, 0) is 31.5 Å². The summed E-state index contributed by atoms with van der Waals surface area (Å²) >= 11 is 6.16. The average molecular weight is 463 g/mol. The summed E-state index contributed by atoms with van der Waals surface area (Å²) in [5, 5.41) is 0.361. The molecule has 10 heteroatoms. The molecule has 31 heavy (non-hydrogen) atoms. The van der Waals surface area contributed by atoms with Crippen molar-refractivity contribution in [3.63, 3.8) is 0 Å². The molecule has 3 aromatic rings. The van der Waals surface area contributed by atoms with E-state index in [4.69, 9.17) is 16.3 Å². The van der Waals surface area contributed by atoms with Crippen LogP contribution in [0.4, 0.5) is 5.82 Å². The van der Waals surface area contributed by atoms with Gasteiger partial charge < -0.3 is 9.30 Å². The van der Waals surface area contributed by atoms with E-state index in [9.17, 15) is 13.2 Å². The lowest BCUT2D eigenvalue weighted by Crippen LogP contribution is -2.19. The highest BCUT2D eigenvalue weighted by Gasteiger charge is 2.16. The van der Waals surface area contributed by atoms with Crippen molar-refractivity contribution in [3.05, 3.63) is 63.5 Å². The van der Waals surface area contributed by atoms with Crippen molar-refractivity contribution < 1.29 is 13.2 Å². The molecule has 0 amide bonds. The van der Waals surface area contributed by atoms with E-state index in [-0.39, 0.29) is 23.1 Å². The fourth-order valence-electron chi connectivity index (χ4n) is 2.86. The Bertz CT molecular complexity index is 1230. The molecule has 0 aliphatic rings.